The number of nitrogens with one attached hydrogen (secondary N) is 1. The number of rotatable bonds is 7. The second-order valence-corrected chi connectivity index (χ2v) is 3.87. The van der Waals surface area contributed by atoms with E-state index >= 15 is 0 Å². The Balaban J connectivity index is 2.70. The van der Waals surface area contributed by atoms with Gasteiger partial charge < -0.3 is 10.0 Å². The zero-order chi connectivity index (χ0) is 12.7. The number of H-pyrrole nitrogens is 1. The molecule has 0 saturated heterocycles. The van der Waals surface area contributed by atoms with Gasteiger partial charge in [-0.3, -0.25) is 9.89 Å². The van der Waals surface area contributed by atoms with Crippen LogP contribution in [0.4, 0.5) is 0 Å². The fourth-order valence-corrected chi connectivity index (χ4v) is 1.59. The Labute approximate surface area is 101 Å². The summed E-state index contributed by atoms with van der Waals surface area (Å²) in [5.41, 5.74) is 0. The molecule has 6 heteroatoms. The first kappa shape index (κ1) is 13.6. The summed E-state index contributed by atoms with van der Waals surface area (Å²) in [4.78, 5) is 17.7. The van der Waals surface area contributed by atoms with Gasteiger partial charge in [-0.1, -0.05) is 13.8 Å². The van der Waals surface area contributed by atoms with E-state index in [-0.39, 0.29) is 18.3 Å². The summed E-state index contributed by atoms with van der Waals surface area (Å²) in [6.07, 6.45) is 2.59. The van der Waals surface area contributed by atoms with E-state index in [1.54, 1.807) is 4.90 Å². The molecule has 0 aliphatic carbocycles. The van der Waals surface area contributed by atoms with Gasteiger partial charge in [-0.2, -0.15) is 0 Å². The molecular formula is C11H20N4O2. The zero-order valence-electron chi connectivity index (χ0n) is 10.4. The number of aryl methyl sites for hydroxylation is 1. The highest BCUT2D eigenvalue weighted by atomic mass is 16.3. The van der Waals surface area contributed by atoms with E-state index in [4.69, 9.17) is 5.11 Å². The van der Waals surface area contributed by atoms with Crippen LogP contribution in [0.15, 0.2) is 0 Å². The highest BCUT2D eigenvalue weighted by Crippen LogP contribution is 2.02. The molecule has 1 rings (SSSR count). The van der Waals surface area contributed by atoms with E-state index in [1.807, 2.05) is 13.8 Å². The molecule has 0 unspecified atom stereocenters. The van der Waals surface area contributed by atoms with Gasteiger partial charge in [-0.05, 0) is 12.8 Å². The summed E-state index contributed by atoms with van der Waals surface area (Å²) in [5.74, 6) is 0.700. The highest BCUT2D eigenvalue weighted by molar-refractivity contribution is 5.90. The predicted octanol–water partition coefficient (Wildman–Crippen LogP) is 0.602. The van der Waals surface area contributed by atoms with Gasteiger partial charge in [0.1, 0.15) is 5.82 Å². The second-order valence-electron chi connectivity index (χ2n) is 3.87. The van der Waals surface area contributed by atoms with Crippen LogP contribution in [0.5, 0.6) is 0 Å². The van der Waals surface area contributed by atoms with Crippen LogP contribution in [0.1, 0.15) is 43.1 Å². The summed E-state index contributed by atoms with van der Waals surface area (Å²) >= 11 is 0. The topological polar surface area (TPSA) is 82.1 Å². The largest absolute Gasteiger partial charge is 0.395 e. The monoisotopic (exact) mass is 240 g/mol. The van der Waals surface area contributed by atoms with E-state index in [2.05, 4.69) is 15.2 Å². The third-order valence-corrected chi connectivity index (χ3v) is 2.36. The van der Waals surface area contributed by atoms with Crippen molar-refractivity contribution in [1.82, 2.24) is 20.1 Å². The van der Waals surface area contributed by atoms with Crippen LogP contribution in [0.3, 0.4) is 0 Å². The van der Waals surface area contributed by atoms with E-state index in [0.29, 0.717) is 13.1 Å². The lowest BCUT2D eigenvalue weighted by Gasteiger charge is -2.18. The van der Waals surface area contributed by atoms with Crippen LogP contribution in [0.25, 0.3) is 0 Å². The first-order valence-electron chi connectivity index (χ1n) is 6.04. The Bertz CT molecular complexity index is 345. The van der Waals surface area contributed by atoms with Crippen LogP contribution in [-0.4, -0.2) is 50.8 Å². The van der Waals surface area contributed by atoms with Crippen LogP contribution >= 0.6 is 0 Å². The first-order valence-corrected chi connectivity index (χ1v) is 6.04. The Morgan fingerprint density at radius 3 is 2.71 bits per heavy atom. The van der Waals surface area contributed by atoms with Crippen molar-refractivity contribution in [3.05, 3.63) is 11.6 Å². The minimum atomic E-state index is -0.223. The predicted molar refractivity (Wildman–Crippen MR) is 63.7 cm³/mol. The minimum absolute atomic E-state index is 0.0437. The molecule has 0 fully saturated rings. The van der Waals surface area contributed by atoms with Gasteiger partial charge in [0.15, 0.2) is 0 Å². The third kappa shape index (κ3) is 3.81. The number of hydrogen-bond acceptors (Lipinski definition) is 4. The molecular weight excluding hydrogens is 220 g/mol. The van der Waals surface area contributed by atoms with E-state index in [9.17, 15) is 4.79 Å². The number of carbonyl (C=O) groups is 1. The van der Waals surface area contributed by atoms with Crippen molar-refractivity contribution in [3.63, 3.8) is 0 Å². The highest BCUT2D eigenvalue weighted by Gasteiger charge is 2.18. The third-order valence-electron chi connectivity index (χ3n) is 2.36. The quantitative estimate of drug-likeness (QED) is 0.731. The van der Waals surface area contributed by atoms with Crippen molar-refractivity contribution >= 4 is 5.91 Å². The molecule has 17 heavy (non-hydrogen) atoms. The van der Waals surface area contributed by atoms with Gasteiger partial charge in [-0.25, -0.2) is 4.98 Å². The van der Waals surface area contributed by atoms with Crippen molar-refractivity contribution in [3.8, 4) is 0 Å². The van der Waals surface area contributed by atoms with Gasteiger partial charge in [0.05, 0.1) is 6.61 Å². The molecule has 0 spiro atoms. The normalized spacial score (nSPS) is 10.5. The molecule has 2 N–H and O–H groups in total. The molecule has 1 heterocycles. The number of aromatic amines is 1. The van der Waals surface area contributed by atoms with Gasteiger partial charge in [-0.15, -0.1) is 5.10 Å². The fraction of sp³-hybridized carbons (Fsp3) is 0.727. The van der Waals surface area contributed by atoms with Gasteiger partial charge in [0.2, 0.25) is 5.82 Å². The van der Waals surface area contributed by atoms with Crippen molar-refractivity contribution in [2.75, 3.05) is 19.7 Å². The summed E-state index contributed by atoms with van der Waals surface area (Å²) in [7, 11) is 0. The van der Waals surface area contributed by atoms with Crippen LogP contribution in [-0.2, 0) is 6.42 Å². The maximum absolute atomic E-state index is 12.0. The van der Waals surface area contributed by atoms with Crippen LogP contribution in [0.2, 0.25) is 0 Å². The molecule has 1 aromatic rings. The smallest absolute Gasteiger partial charge is 0.293 e. The molecule has 0 radical (unpaired) electrons. The number of aromatic nitrogens is 3. The molecule has 0 aliphatic heterocycles. The molecule has 96 valence electrons. The summed E-state index contributed by atoms with van der Waals surface area (Å²) < 4.78 is 0. The molecule has 6 nitrogen and oxygen atoms in total. The van der Waals surface area contributed by atoms with Crippen molar-refractivity contribution in [2.24, 2.45) is 0 Å². The fourth-order valence-electron chi connectivity index (χ4n) is 1.59. The lowest BCUT2D eigenvalue weighted by atomic mass is 10.3. The summed E-state index contributed by atoms with van der Waals surface area (Å²) in [6.45, 7) is 4.91. The maximum Gasteiger partial charge on any atom is 0.293 e. The van der Waals surface area contributed by atoms with E-state index < -0.39 is 0 Å². The number of aliphatic hydroxyl groups is 1. The van der Waals surface area contributed by atoms with Crippen molar-refractivity contribution in [1.29, 1.82) is 0 Å². The molecule has 0 aliphatic rings. The average Bonchev–Trinajstić information content (AvgIpc) is 2.77. The van der Waals surface area contributed by atoms with Crippen molar-refractivity contribution in [2.45, 2.75) is 33.1 Å². The Morgan fingerprint density at radius 1 is 1.35 bits per heavy atom. The molecule has 1 aromatic heterocycles. The average molecular weight is 240 g/mol. The SMILES string of the molecule is CCCc1nc(C(=O)N(CCC)CCO)n[nH]1. The molecule has 0 bridgehead atoms. The molecule has 0 aromatic carbocycles. The van der Waals surface area contributed by atoms with Crippen molar-refractivity contribution < 1.29 is 9.90 Å². The lowest BCUT2D eigenvalue weighted by molar-refractivity contribution is 0.0710. The van der Waals surface area contributed by atoms with E-state index in [0.717, 1.165) is 25.1 Å². The Kier molecular flexibility index (Phi) is 5.62. The number of aliphatic hydroxyl groups excluding tert-OH is 1. The lowest BCUT2D eigenvalue weighted by Crippen LogP contribution is -2.34. The van der Waals surface area contributed by atoms with Gasteiger partial charge in [0, 0.05) is 19.5 Å². The van der Waals surface area contributed by atoms with Gasteiger partial charge >= 0.3 is 0 Å². The maximum atomic E-state index is 12.0. The van der Waals surface area contributed by atoms with Gasteiger partial charge in [0.25, 0.3) is 5.91 Å². The number of amides is 1. The number of hydrogen-bond donors (Lipinski definition) is 2. The Morgan fingerprint density at radius 2 is 2.12 bits per heavy atom. The van der Waals surface area contributed by atoms with Crippen LogP contribution in [0, 0.1) is 0 Å². The second kappa shape index (κ2) is 7.01. The van der Waals surface area contributed by atoms with Crippen LogP contribution < -0.4 is 0 Å². The Hall–Kier alpha value is -1.43. The number of nitrogens with zero attached hydrogens (tertiary/aromatic N) is 3. The zero-order valence-corrected chi connectivity index (χ0v) is 10.4. The standard InChI is InChI=1S/C11H20N4O2/c1-3-5-9-12-10(14-13-9)11(17)15(6-4-2)7-8-16/h16H,3-8H2,1-2H3,(H,12,13,14). The molecule has 0 saturated carbocycles. The first-order chi connectivity index (χ1) is 8.22. The molecule has 1 amide bonds. The minimum Gasteiger partial charge on any atom is -0.395 e. The van der Waals surface area contributed by atoms with E-state index in [1.165, 1.54) is 0 Å². The summed E-state index contributed by atoms with van der Waals surface area (Å²) in [6, 6.07) is 0. The summed E-state index contributed by atoms with van der Waals surface area (Å²) in [5, 5.41) is 15.6. The molecule has 0 atom stereocenters. The number of carbonyl (C=O) groups excluding carboxylic acids is 1.